The van der Waals surface area contributed by atoms with Crippen LogP contribution in [-0.4, -0.2) is 18.8 Å². The maximum absolute atomic E-state index is 12.1. The summed E-state index contributed by atoms with van der Waals surface area (Å²) in [7, 11) is -2.64. The van der Waals surface area contributed by atoms with E-state index in [1.807, 2.05) is 0 Å². The smallest absolute Gasteiger partial charge is 0.201 e. The maximum Gasteiger partial charge on any atom is 0.201 e. The number of hydrogen-bond donors (Lipinski definition) is 1. The monoisotopic (exact) mass is 158 g/mol. The molecule has 0 heterocycles. The summed E-state index contributed by atoms with van der Waals surface area (Å²) >= 11 is 4.95. The summed E-state index contributed by atoms with van der Waals surface area (Å²) in [6, 6.07) is 0. The fourth-order valence-corrected chi connectivity index (χ4v) is 1.65. The first-order valence-corrected chi connectivity index (χ1v) is 3.68. The normalized spacial score (nSPS) is 45.1. The Bertz CT molecular complexity index is 168. The highest BCUT2D eigenvalue weighted by atomic mass is 35.5. The summed E-state index contributed by atoms with van der Waals surface area (Å²) in [5.41, 5.74) is 0. The van der Waals surface area contributed by atoms with Crippen LogP contribution in [0.15, 0.2) is 0 Å². The number of halogens is 2. The predicted molar refractivity (Wildman–Crippen MR) is 28.4 cm³/mol. The Balaban J connectivity index is 2.61. The van der Waals surface area contributed by atoms with Gasteiger partial charge >= 0.3 is 0 Å². The lowest BCUT2D eigenvalue weighted by molar-refractivity contribution is 0.428. The van der Waals surface area contributed by atoms with Gasteiger partial charge in [-0.1, -0.05) is 11.6 Å². The first-order valence-electron chi connectivity index (χ1n) is 2.05. The third-order valence-electron chi connectivity index (χ3n) is 1.05. The van der Waals surface area contributed by atoms with Crippen LogP contribution < -0.4 is 0 Å². The molecule has 2 unspecified atom stereocenters. The second-order valence-corrected chi connectivity index (χ2v) is 3.59. The average molecular weight is 159 g/mol. The zero-order valence-corrected chi connectivity index (χ0v) is 5.45. The highest BCUT2D eigenvalue weighted by Gasteiger charge is 2.57. The second kappa shape index (κ2) is 1.57. The molecule has 1 rings (SSSR count). The lowest BCUT2D eigenvalue weighted by Gasteiger charge is -1.84. The number of hydrogen-bond acceptors (Lipinski definition) is 2. The van der Waals surface area contributed by atoms with Crippen LogP contribution in [0.5, 0.6) is 0 Å². The van der Waals surface area contributed by atoms with Crippen LogP contribution in [0.25, 0.3) is 0 Å². The molecule has 0 aromatic carbocycles. The molecule has 0 aliphatic heterocycles. The van der Waals surface area contributed by atoms with E-state index in [-0.39, 0.29) is 6.42 Å². The van der Waals surface area contributed by atoms with E-state index in [0.717, 1.165) is 0 Å². The van der Waals surface area contributed by atoms with Crippen molar-refractivity contribution in [1.29, 1.82) is 0 Å². The molecule has 0 bridgehead atoms. The Hall–Kier alpha value is 0.170. The average Bonchev–Trinajstić information content (AvgIpc) is 2.13. The Morgan fingerprint density at radius 2 is 2.12 bits per heavy atom. The van der Waals surface area contributed by atoms with Gasteiger partial charge in [0.1, 0.15) is 16.0 Å². The molecule has 2 nitrogen and oxygen atoms in total. The van der Waals surface area contributed by atoms with Crippen molar-refractivity contribution in [2.24, 2.45) is 0 Å². The summed E-state index contributed by atoms with van der Waals surface area (Å²) < 4.78 is 31.9. The van der Waals surface area contributed by atoms with Gasteiger partial charge in [-0.25, -0.2) is 12.8 Å². The van der Waals surface area contributed by atoms with E-state index in [0.29, 0.717) is 0 Å². The zero-order valence-electron chi connectivity index (χ0n) is 3.80. The minimum atomic E-state index is -2.64. The molecule has 1 saturated carbocycles. The van der Waals surface area contributed by atoms with Gasteiger partial charge in [0, 0.05) is 6.42 Å². The van der Waals surface area contributed by atoms with Crippen molar-refractivity contribution in [1.82, 2.24) is 0 Å². The minimum absolute atomic E-state index is 0.0484. The zero-order chi connectivity index (χ0) is 6.36. The topological polar surface area (TPSA) is 34.1 Å². The van der Waals surface area contributed by atoms with Gasteiger partial charge in [-0.15, -0.1) is 0 Å². The molecule has 1 aliphatic rings. The van der Waals surface area contributed by atoms with Crippen LogP contribution in [0.2, 0.25) is 0 Å². The molecule has 0 saturated heterocycles. The van der Waals surface area contributed by atoms with E-state index < -0.39 is 21.1 Å². The van der Waals surface area contributed by atoms with Gasteiger partial charge in [0.15, 0.2) is 0 Å². The molecule has 1 fully saturated rings. The molecule has 0 N–H and O–H groups in total. The summed E-state index contributed by atoms with van der Waals surface area (Å²) in [5.74, 6) is 0. The Morgan fingerprint density at radius 3 is 2.12 bits per heavy atom. The fraction of sp³-hybridized carbons (Fsp3) is 1.00. The molecule has 48 valence electrons. The third-order valence-corrected chi connectivity index (χ3v) is 2.72. The molecule has 0 radical (unpaired) electrons. The van der Waals surface area contributed by atoms with E-state index in [9.17, 15) is 12.8 Å². The van der Waals surface area contributed by atoms with Crippen LogP contribution >= 0.6 is 11.6 Å². The van der Waals surface area contributed by atoms with Crippen LogP contribution in [-0.2, 0) is 10.7 Å². The van der Waals surface area contributed by atoms with E-state index in [1.165, 1.54) is 0 Å². The Kier molecular flexibility index (Phi) is 1.24. The molecule has 8 heavy (non-hydrogen) atoms. The molecule has 0 aromatic rings. The molecule has 5 heteroatoms. The predicted octanol–water partition coefficient (Wildman–Crippen LogP) is 0.275. The molecular weight excluding hydrogens is 155 g/mol. The van der Waals surface area contributed by atoms with Gasteiger partial charge in [0.05, 0.1) is 0 Å². The van der Waals surface area contributed by atoms with Crippen molar-refractivity contribution in [3.63, 3.8) is 0 Å². The van der Waals surface area contributed by atoms with Crippen molar-refractivity contribution in [3.8, 4) is 0 Å². The van der Waals surface area contributed by atoms with Gasteiger partial charge in [-0.2, -0.15) is 0 Å². The molecule has 0 amide bonds. The summed E-state index contributed by atoms with van der Waals surface area (Å²) in [5, 5.41) is -2.87. The molecule has 2 atom stereocenters. The summed E-state index contributed by atoms with van der Waals surface area (Å²) in [6.45, 7) is 0. The SMILES string of the molecule is O=[SH](=O)C1CC1(F)Cl. The van der Waals surface area contributed by atoms with Gasteiger partial charge in [0.2, 0.25) is 5.13 Å². The molecule has 0 spiro atoms. The van der Waals surface area contributed by atoms with Crippen molar-refractivity contribution in [2.45, 2.75) is 16.8 Å². The first-order chi connectivity index (χ1) is 3.54. The standard InChI is InChI=1S/C3H4ClFO2S/c4-3(5)1-2(3)8(6)7/h2,8H,1H2. The quantitative estimate of drug-likeness (QED) is 0.439. The van der Waals surface area contributed by atoms with Crippen molar-refractivity contribution >= 4 is 22.3 Å². The number of alkyl halides is 2. The van der Waals surface area contributed by atoms with Crippen molar-refractivity contribution < 1.29 is 12.8 Å². The lowest BCUT2D eigenvalue weighted by Crippen LogP contribution is -1.97. The molecule has 1 aliphatic carbocycles. The first kappa shape index (κ1) is 6.29. The third kappa shape index (κ3) is 0.951. The highest BCUT2D eigenvalue weighted by Crippen LogP contribution is 2.46. The lowest BCUT2D eigenvalue weighted by atomic mass is 10.9. The van der Waals surface area contributed by atoms with E-state index >= 15 is 0 Å². The van der Waals surface area contributed by atoms with E-state index in [4.69, 9.17) is 11.6 Å². The second-order valence-electron chi connectivity index (χ2n) is 1.77. The highest BCUT2D eigenvalue weighted by molar-refractivity contribution is 7.73. The van der Waals surface area contributed by atoms with Gasteiger partial charge in [-0.05, 0) is 0 Å². The van der Waals surface area contributed by atoms with Gasteiger partial charge < -0.3 is 0 Å². The Labute approximate surface area is 52.6 Å². The largest absolute Gasteiger partial charge is 0.231 e. The Morgan fingerprint density at radius 1 is 1.75 bits per heavy atom. The van der Waals surface area contributed by atoms with Gasteiger partial charge in [-0.3, -0.25) is 0 Å². The van der Waals surface area contributed by atoms with Crippen LogP contribution in [0.3, 0.4) is 0 Å². The molecular formula is C3H4ClFO2S. The molecule has 0 aromatic heterocycles. The van der Waals surface area contributed by atoms with E-state index in [2.05, 4.69) is 0 Å². The number of thiol groups is 1. The number of rotatable bonds is 1. The van der Waals surface area contributed by atoms with Crippen molar-refractivity contribution in [2.75, 3.05) is 0 Å². The minimum Gasteiger partial charge on any atom is -0.231 e. The summed E-state index contributed by atoms with van der Waals surface area (Å²) in [6.07, 6.45) is -0.0484. The van der Waals surface area contributed by atoms with Crippen LogP contribution in [0.4, 0.5) is 4.39 Å². The van der Waals surface area contributed by atoms with E-state index in [1.54, 1.807) is 0 Å². The maximum atomic E-state index is 12.1. The van der Waals surface area contributed by atoms with Crippen LogP contribution in [0, 0.1) is 0 Å². The fourth-order valence-electron chi connectivity index (χ4n) is 0.428. The van der Waals surface area contributed by atoms with Crippen molar-refractivity contribution in [3.05, 3.63) is 0 Å². The summed E-state index contributed by atoms with van der Waals surface area (Å²) in [4.78, 5) is 0. The van der Waals surface area contributed by atoms with Crippen LogP contribution in [0.1, 0.15) is 6.42 Å². The van der Waals surface area contributed by atoms with Gasteiger partial charge in [0.25, 0.3) is 0 Å².